The number of sulfonamides is 1. The van der Waals surface area contributed by atoms with Crippen LogP contribution in [0, 0.1) is 5.92 Å². The zero-order chi connectivity index (χ0) is 18.4. The Balaban J connectivity index is 0.00000338. The fraction of sp³-hybridized carbons (Fsp3) is 0.278. The molecule has 6 nitrogen and oxygen atoms in total. The van der Waals surface area contributed by atoms with E-state index in [1.807, 2.05) is 30.3 Å². The first-order valence-electron chi connectivity index (χ1n) is 7.99. The molecule has 0 aliphatic heterocycles. The molecule has 0 saturated carbocycles. The van der Waals surface area contributed by atoms with Crippen LogP contribution in [-0.4, -0.2) is 20.9 Å². The first kappa shape index (κ1) is 22.1. The molecule has 0 aromatic heterocycles. The van der Waals surface area contributed by atoms with Gasteiger partial charge in [0.25, 0.3) is 0 Å². The van der Waals surface area contributed by atoms with Gasteiger partial charge in [0, 0.05) is 12.6 Å². The van der Waals surface area contributed by atoms with Crippen molar-refractivity contribution in [2.75, 3.05) is 6.54 Å². The number of hydrogen-bond donors (Lipinski definition) is 3. The van der Waals surface area contributed by atoms with Crippen molar-refractivity contribution in [3.8, 4) is 0 Å². The fourth-order valence-corrected chi connectivity index (χ4v) is 2.98. The number of carbonyl (C=O) groups excluding carboxylic acids is 1. The Morgan fingerprint density at radius 3 is 2.19 bits per heavy atom. The number of benzene rings is 2. The molecule has 26 heavy (non-hydrogen) atoms. The van der Waals surface area contributed by atoms with Crippen LogP contribution in [0.25, 0.3) is 0 Å². The van der Waals surface area contributed by atoms with Crippen LogP contribution in [-0.2, 0) is 21.2 Å². The van der Waals surface area contributed by atoms with Gasteiger partial charge in [-0.05, 0) is 29.7 Å². The van der Waals surface area contributed by atoms with Crippen LogP contribution in [0.5, 0.6) is 0 Å². The zero-order valence-corrected chi connectivity index (χ0v) is 16.1. The lowest BCUT2D eigenvalue weighted by Crippen LogP contribution is -2.36. The summed E-state index contributed by atoms with van der Waals surface area (Å²) in [5, 5.41) is 7.92. The maximum Gasteiger partial charge on any atom is 0.238 e. The van der Waals surface area contributed by atoms with E-state index in [9.17, 15) is 13.2 Å². The predicted octanol–water partition coefficient (Wildman–Crippen LogP) is 1.75. The molecule has 5 N–H and O–H groups in total. The molecule has 2 aromatic rings. The Morgan fingerprint density at radius 2 is 1.65 bits per heavy atom. The van der Waals surface area contributed by atoms with Crippen LogP contribution in [0.15, 0.2) is 59.5 Å². The molecule has 2 aromatic carbocycles. The lowest BCUT2D eigenvalue weighted by molar-refractivity contribution is -0.125. The van der Waals surface area contributed by atoms with Gasteiger partial charge in [-0.1, -0.05) is 49.4 Å². The minimum Gasteiger partial charge on any atom is -0.355 e. The van der Waals surface area contributed by atoms with Gasteiger partial charge in [-0.2, -0.15) is 0 Å². The van der Waals surface area contributed by atoms with E-state index >= 15 is 0 Å². The second kappa shape index (κ2) is 9.68. The number of hydrogen-bond acceptors (Lipinski definition) is 4. The topological polar surface area (TPSA) is 115 Å². The number of primary sulfonamides is 1. The normalized spacial score (nSPS) is 13.3. The molecule has 2 rings (SSSR count). The van der Waals surface area contributed by atoms with Gasteiger partial charge in [0.1, 0.15) is 0 Å². The molecule has 0 aliphatic rings. The summed E-state index contributed by atoms with van der Waals surface area (Å²) in [4.78, 5) is 12.3. The summed E-state index contributed by atoms with van der Waals surface area (Å²) in [6, 6.07) is 15.4. The maximum atomic E-state index is 12.2. The van der Waals surface area contributed by atoms with Crippen molar-refractivity contribution in [1.82, 2.24) is 5.32 Å². The molecule has 2 unspecified atom stereocenters. The first-order chi connectivity index (χ1) is 11.8. The molecule has 142 valence electrons. The van der Waals surface area contributed by atoms with Gasteiger partial charge in [-0.25, -0.2) is 13.6 Å². The summed E-state index contributed by atoms with van der Waals surface area (Å²) in [7, 11) is -3.68. The summed E-state index contributed by atoms with van der Waals surface area (Å²) < 4.78 is 22.4. The minimum atomic E-state index is -3.68. The number of carbonyl (C=O) groups is 1. The van der Waals surface area contributed by atoms with E-state index in [0.29, 0.717) is 13.0 Å². The average molecular weight is 398 g/mol. The Morgan fingerprint density at radius 1 is 1.08 bits per heavy atom. The van der Waals surface area contributed by atoms with Crippen LogP contribution in [0.4, 0.5) is 0 Å². The van der Waals surface area contributed by atoms with Gasteiger partial charge in [-0.15, -0.1) is 12.4 Å². The molecule has 0 fully saturated rings. The third-order valence-corrected chi connectivity index (χ3v) is 5.03. The molecular weight excluding hydrogens is 374 g/mol. The summed E-state index contributed by atoms with van der Waals surface area (Å²) in [5.74, 6) is -0.468. The Kier molecular flexibility index (Phi) is 8.23. The van der Waals surface area contributed by atoms with Crippen molar-refractivity contribution in [3.63, 3.8) is 0 Å². The van der Waals surface area contributed by atoms with Gasteiger partial charge >= 0.3 is 0 Å². The van der Waals surface area contributed by atoms with Crippen molar-refractivity contribution in [2.45, 2.75) is 24.3 Å². The van der Waals surface area contributed by atoms with E-state index in [2.05, 4.69) is 5.32 Å². The molecule has 2 atom stereocenters. The van der Waals surface area contributed by atoms with Crippen LogP contribution >= 0.6 is 12.4 Å². The highest BCUT2D eigenvalue weighted by atomic mass is 35.5. The van der Waals surface area contributed by atoms with Crippen molar-refractivity contribution >= 4 is 28.3 Å². The zero-order valence-electron chi connectivity index (χ0n) is 14.5. The van der Waals surface area contributed by atoms with Crippen LogP contribution in [0.1, 0.15) is 24.1 Å². The number of amides is 1. The summed E-state index contributed by atoms with van der Waals surface area (Å²) >= 11 is 0. The highest BCUT2D eigenvalue weighted by Crippen LogP contribution is 2.19. The van der Waals surface area contributed by atoms with Crippen LogP contribution < -0.4 is 16.2 Å². The van der Waals surface area contributed by atoms with Crippen molar-refractivity contribution in [2.24, 2.45) is 16.8 Å². The highest BCUT2D eigenvalue weighted by Gasteiger charge is 2.21. The fourth-order valence-electron chi connectivity index (χ4n) is 2.46. The van der Waals surface area contributed by atoms with E-state index in [4.69, 9.17) is 10.9 Å². The lowest BCUT2D eigenvalue weighted by Gasteiger charge is -2.19. The third-order valence-electron chi connectivity index (χ3n) is 4.10. The van der Waals surface area contributed by atoms with Gasteiger partial charge < -0.3 is 11.1 Å². The summed E-state index contributed by atoms with van der Waals surface area (Å²) in [6.07, 6.45) is 0.587. The van der Waals surface area contributed by atoms with E-state index in [1.165, 1.54) is 12.1 Å². The Bertz CT molecular complexity index is 811. The highest BCUT2D eigenvalue weighted by molar-refractivity contribution is 7.89. The SMILES string of the molecule is CC(C(=O)NCCc1ccc(S(N)(=O)=O)cc1)C(N)c1ccccc1.Cl. The Hall–Kier alpha value is -1.93. The van der Waals surface area contributed by atoms with E-state index in [0.717, 1.165) is 11.1 Å². The molecule has 1 amide bonds. The monoisotopic (exact) mass is 397 g/mol. The van der Waals surface area contributed by atoms with Gasteiger partial charge in [0.05, 0.1) is 10.8 Å². The van der Waals surface area contributed by atoms with E-state index < -0.39 is 10.0 Å². The number of nitrogens with two attached hydrogens (primary N) is 2. The van der Waals surface area contributed by atoms with E-state index in [-0.39, 0.29) is 35.2 Å². The lowest BCUT2D eigenvalue weighted by atomic mass is 9.94. The molecule has 8 heteroatoms. The number of rotatable bonds is 7. The van der Waals surface area contributed by atoms with Crippen molar-refractivity contribution < 1.29 is 13.2 Å². The van der Waals surface area contributed by atoms with Crippen LogP contribution in [0.3, 0.4) is 0 Å². The maximum absolute atomic E-state index is 12.2. The van der Waals surface area contributed by atoms with Gasteiger partial charge in [0.15, 0.2) is 0 Å². The second-order valence-electron chi connectivity index (χ2n) is 5.96. The standard InChI is InChI=1S/C18H23N3O3S.ClH/c1-13(17(19)15-5-3-2-4-6-15)18(22)21-12-11-14-7-9-16(10-8-14)25(20,23)24;/h2-10,13,17H,11-12,19H2,1H3,(H,21,22)(H2,20,23,24);1H. The summed E-state index contributed by atoms with van der Waals surface area (Å²) in [5.41, 5.74) is 7.98. The molecular formula is C18H24ClN3O3S. The van der Waals surface area contributed by atoms with Gasteiger partial charge in [-0.3, -0.25) is 4.79 Å². The molecule has 0 aliphatic carbocycles. The number of halogens is 1. The molecule has 0 bridgehead atoms. The largest absolute Gasteiger partial charge is 0.355 e. The molecule has 0 spiro atoms. The van der Waals surface area contributed by atoms with Crippen molar-refractivity contribution in [1.29, 1.82) is 0 Å². The third kappa shape index (κ3) is 6.10. The Labute approximate surface area is 160 Å². The smallest absolute Gasteiger partial charge is 0.238 e. The average Bonchev–Trinajstić information content (AvgIpc) is 2.60. The molecule has 0 radical (unpaired) electrons. The second-order valence-corrected chi connectivity index (χ2v) is 7.52. The first-order valence-corrected chi connectivity index (χ1v) is 9.53. The minimum absolute atomic E-state index is 0. The van der Waals surface area contributed by atoms with E-state index in [1.54, 1.807) is 19.1 Å². The molecule has 0 heterocycles. The van der Waals surface area contributed by atoms with Crippen molar-refractivity contribution in [3.05, 3.63) is 65.7 Å². The number of nitrogens with one attached hydrogen (secondary N) is 1. The quantitative estimate of drug-likeness (QED) is 0.660. The van der Waals surface area contributed by atoms with Crippen LogP contribution in [0.2, 0.25) is 0 Å². The van der Waals surface area contributed by atoms with Gasteiger partial charge in [0.2, 0.25) is 15.9 Å². The predicted molar refractivity (Wildman–Crippen MR) is 104 cm³/mol. The molecule has 0 saturated heterocycles. The summed E-state index contributed by atoms with van der Waals surface area (Å²) in [6.45, 7) is 2.24.